The van der Waals surface area contributed by atoms with E-state index in [0.29, 0.717) is 39.3 Å². The molecule has 0 fully saturated rings. The highest BCUT2D eigenvalue weighted by atomic mass is 15.2. The van der Waals surface area contributed by atoms with Gasteiger partial charge in [0.25, 0.3) is 0 Å². The van der Waals surface area contributed by atoms with Crippen LogP contribution < -0.4 is 0 Å². The van der Waals surface area contributed by atoms with Crippen molar-refractivity contribution < 1.29 is 0 Å². The zero-order valence-corrected chi connectivity index (χ0v) is 16.7. The van der Waals surface area contributed by atoms with E-state index in [1.165, 1.54) is 0 Å². The number of hydrogen-bond donors (Lipinski definition) is 0. The second-order valence-corrected chi connectivity index (χ2v) is 6.20. The molecule has 0 N–H and O–H groups in total. The van der Waals surface area contributed by atoms with Gasteiger partial charge in [-0.3, -0.25) is 19.6 Å². The third-order valence-corrected chi connectivity index (χ3v) is 4.09. The Morgan fingerprint density at radius 2 is 0.500 bits per heavy atom. The SMILES string of the molecule is C#CCN(CC#C)CCN(CCN(CC#C)CC#C)CCN(CC#C)CC#C. The molecule has 0 aliphatic heterocycles. The molecule has 0 saturated carbocycles. The highest BCUT2D eigenvalue weighted by Gasteiger charge is 2.12. The Hall–Kier alpha value is -2.80. The summed E-state index contributed by atoms with van der Waals surface area (Å²) in [4.78, 5) is 8.52. The molecular formula is C24H30N4. The normalized spacial score (nSPS) is 10.1. The minimum absolute atomic E-state index is 0.526. The van der Waals surface area contributed by atoms with Gasteiger partial charge in [-0.1, -0.05) is 35.5 Å². The molecule has 0 atom stereocenters. The summed E-state index contributed by atoms with van der Waals surface area (Å²) in [5, 5.41) is 0. The molecule has 0 saturated heterocycles. The molecule has 0 radical (unpaired) electrons. The summed E-state index contributed by atoms with van der Waals surface area (Å²) >= 11 is 0. The number of hydrogen-bond acceptors (Lipinski definition) is 4. The summed E-state index contributed by atoms with van der Waals surface area (Å²) in [7, 11) is 0. The van der Waals surface area contributed by atoms with Gasteiger partial charge >= 0.3 is 0 Å². The lowest BCUT2D eigenvalue weighted by Gasteiger charge is -2.29. The van der Waals surface area contributed by atoms with Crippen LogP contribution in [-0.4, -0.2) is 98.1 Å². The second-order valence-electron chi connectivity index (χ2n) is 6.20. The molecule has 0 aromatic carbocycles. The van der Waals surface area contributed by atoms with Gasteiger partial charge in [0.2, 0.25) is 0 Å². The van der Waals surface area contributed by atoms with Crippen molar-refractivity contribution in [3.63, 3.8) is 0 Å². The first kappa shape index (κ1) is 25.2. The largest absolute Gasteiger partial charge is 0.300 e. The summed E-state index contributed by atoms with van der Waals surface area (Å²) in [5.74, 6) is 15.9. The van der Waals surface area contributed by atoms with Crippen molar-refractivity contribution in [3.05, 3.63) is 0 Å². The van der Waals surface area contributed by atoms with E-state index in [0.717, 1.165) is 39.3 Å². The van der Waals surface area contributed by atoms with Crippen LogP contribution in [0.4, 0.5) is 0 Å². The molecule has 0 aliphatic carbocycles. The molecule has 0 aromatic heterocycles. The maximum absolute atomic E-state index is 5.43. The Labute approximate surface area is 172 Å². The zero-order chi connectivity index (χ0) is 21.0. The van der Waals surface area contributed by atoms with Crippen molar-refractivity contribution in [1.29, 1.82) is 0 Å². The molecule has 0 amide bonds. The predicted molar refractivity (Wildman–Crippen MR) is 119 cm³/mol. The minimum atomic E-state index is 0.526. The molecule has 0 rings (SSSR count). The fourth-order valence-electron chi connectivity index (χ4n) is 2.60. The van der Waals surface area contributed by atoms with E-state index in [4.69, 9.17) is 38.5 Å². The third-order valence-electron chi connectivity index (χ3n) is 4.09. The zero-order valence-electron chi connectivity index (χ0n) is 16.7. The fraction of sp³-hybridized carbons (Fsp3) is 0.500. The molecule has 4 nitrogen and oxygen atoms in total. The Morgan fingerprint density at radius 3 is 0.679 bits per heavy atom. The molecule has 0 bridgehead atoms. The van der Waals surface area contributed by atoms with Crippen molar-refractivity contribution in [2.24, 2.45) is 0 Å². The average Bonchev–Trinajstić information content (AvgIpc) is 2.68. The Morgan fingerprint density at radius 1 is 0.321 bits per heavy atom. The van der Waals surface area contributed by atoms with Crippen LogP contribution in [0.5, 0.6) is 0 Å². The van der Waals surface area contributed by atoms with Gasteiger partial charge in [-0.25, -0.2) is 0 Å². The molecule has 146 valence electrons. The second kappa shape index (κ2) is 17.6. The van der Waals surface area contributed by atoms with Gasteiger partial charge in [-0.15, -0.1) is 38.5 Å². The fourth-order valence-corrected chi connectivity index (χ4v) is 2.60. The maximum Gasteiger partial charge on any atom is 0.0607 e. The van der Waals surface area contributed by atoms with Crippen LogP contribution >= 0.6 is 0 Å². The van der Waals surface area contributed by atoms with Crippen LogP contribution in [0.15, 0.2) is 0 Å². The lowest BCUT2D eigenvalue weighted by Crippen LogP contribution is -2.43. The first-order chi connectivity index (χ1) is 13.6. The van der Waals surface area contributed by atoms with Crippen LogP contribution in [0.25, 0.3) is 0 Å². The number of terminal acetylenes is 6. The Balaban J connectivity index is 4.89. The van der Waals surface area contributed by atoms with Gasteiger partial charge in [0, 0.05) is 39.3 Å². The Bertz CT molecular complexity index is 525. The molecule has 28 heavy (non-hydrogen) atoms. The monoisotopic (exact) mass is 374 g/mol. The van der Waals surface area contributed by atoms with E-state index in [-0.39, 0.29) is 0 Å². The van der Waals surface area contributed by atoms with Gasteiger partial charge < -0.3 is 0 Å². The van der Waals surface area contributed by atoms with E-state index in [9.17, 15) is 0 Å². The van der Waals surface area contributed by atoms with Crippen LogP contribution in [0.1, 0.15) is 0 Å². The highest BCUT2D eigenvalue weighted by Crippen LogP contribution is 1.97. The van der Waals surface area contributed by atoms with Gasteiger partial charge in [-0.2, -0.15) is 0 Å². The third kappa shape index (κ3) is 12.5. The van der Waals surface area contributed by atoms with E-state index < -0.39 is 0 Å². The standard InChI is InChI=1S/C24H30N4/c1-7-13-25(14-8-2)19-22-28(23-20-26(15-9-3)16-10-4)24-21-27(17-11-5)18-12-6/h1-6H,13-24H2. The number of nitrogens with zero attached hydrogens (tertiary/aromatic N) is 4. The van der Waals surface area contributed by atoms with Gasteiger partial charge in [0.05, 0.1) is 39.3 Å². The lowest BCUT2D eigenvalue weighted by molar-refractivity contribution is 0.181. The van der Waals surface area contributed by atoms with Crippen LogP contribution in [0, 0.1) is 74.1 Å². The summed E-state index contributed by atoms with van der Waals surface area (Å²) in [5.41, 5.74) is 0. The topological polar surface area (TPSA) is 13.0 Å². The number of rotatable bonds is 15. The van der Waals surface area contributed by atoms with E-state index in [1.54, 1.807) is 0 Å². The molecule has 0 heterocycles. The smallest absolute Gasteiger partial charge is 0.0607 e. The molecule has 0 unspecified atom stereocenters. The van der Waals surface area contributed by atoms with Gasteiger partial charge in [-0.05, 0) is 0 Å². The summed E-state index contributed by atoms with van der Waals surface area (Å²) < 4.78 is 0. The molecule has 0 aromatic rings. The lowest BCUT2D eigenvalue weighted by atomic mass is 10.3. The Kier molecular flexibility index (Phi) is 15.8. The average molecular weight is 375 g/mol. The maximum atomic E-state index is 5.43. The van der Waals surface area contributed by atoms with Crippen molar-refractivity contribution in [2.45, 2.75) is 0 Å². The van der Waals surface area contributed by atoms with Crippen molar-refractivity contribution in [3.8, 4) is 74.1 Å². The summed E-state index contributed by atoms with van der Waals surface area (Å²) in [6.45, 7) is 7.97. The predicted octanol–water partition coefficient (Wildman–Crippen LogP) is -0.00640. The molecule has 0 spiro atoms. The van der Waals surface area contributed by atoms with Crippen molar-refractivity contribution >= 4 is 0 Å². The van der Waals surface area contributed by atoms with Crippen LogP contribution in [0.2, 0.25) is 0 Å². The quantitative estimate of drug-likeness (QED) is 0.374. The van der Waals surface area contributed by atoms with Gasteiger partial charge in [0.15, 0.2) is 0 Å². The van der Waals surface area contributed by atoms with E-state index in [1.807, 2.05) is 0 Å². The summed E-state index contributed by atoms with van der Waals surface area (Å²) in [6.07, 6.45) is 32.6. The molecule has 4 heteroatoms. The van der Waals surface area contributed by atoms with Gasteiger partial charge in [0.1, 0.15) is 0 Å². The highest BCUT2D eigenvalue weighted by molar-refractivity contribution is 4.97. The van der Waals surface area contributed by atoms with Crippen molar-refractivity contribution in [2.75, 3.05) is 78.5 Å². The van der Waals surface area contributed by atoms with Crippen molar-refractivity contribution in [1.82, 2.24) is 19.6 Å². The minimum Gasteiger partial charge on any atom is -0.300 e. The van der Waals surface area contributed by atoms with Crippen LogP contribution in [-0.2, 0) is 0 Å². The first-order valence-corrected chi connectivity index (χ1v) is 9.15. The van der Waals surface area contributed by atoms with E-state index in [2.05, 4.69) is 55.1 Å². The first-order valence-electron chi connectivity index (χ1n) is 9.15. The van der Waals surface area contributed by atoms with E-state index >= 15 is 0 Å². The molecular weight excluding hydrogens is 344 g/mol. The summed E-state index contributed by atoms with van der Waals surface area (Å²) in [6, 6.07) is 0. The molecule has 0 aliphatic rings. The van der Waals surface area contributed by atoms with Crippen LogP contribution in [0.3, 0.4) is 0 Å².